The van der Waals surface area contributed by atoms with Gasteiger partial charge in [-0.15, -0.1) is 8.78 Å². The second-order valence-corrected chi connectivity index (χ2v) is 8.73. The number of ether oxygens (including phenoxy) is 1. The van der Waals surface area contributed by atoms with E-state index in [1.54, 1.807) is 0 Å². The molecule has 16 heteroatoms. The quantitative estimate of drug-likeness (QED) is 0.183. The predicted octanol–water partition coefficient (Wildman–Crippen LogP) is 0.796. The molecule has 0 heterocycles. The van der Waals surface area contributed by atoms with Gasteiger partial charge in [0.15, 0.2) is 13.7 Å². The van der Waals surface area contributed by atoms with Crippen LogP contribution in [0.3, 0.4) is 0 Å². The Labute approximate surface area is 155 Å². The van der Waals surface area contributed by atoms with Crippen molar-refractivity contribution in [2.75, 3.05) is 7.11 Å². The van der Waals surface area contributed by atoms with Gasteiger partial charge in [-0.05, 0) is 24.3 Å². The molecule has 0 amide bonds. The average Bonchev–Trinajstić information content (AvgIpc) is 2.45. The lowest BCUT2D eigenvalue weighted by molar-refractivity contribution is -0.790. The highest BCUT2D eigenvalue weighted by atomic mass is 127. The first kappa shape index (κ1) is 26.0. The number of benzene rings is 1. The summed E-state index contributed by atoms with van der Waals surface area (Å²) in [6, 6.07) is 4.53. The molecule has 27 heavy (non-hydrogen) atoms. The largest absolute Gasteiger partial charge is 0.741 e. The molecule has 1 aromatic rings. The average molecular weight is 552 g/mol. The first-order chi connectivity index (χ1) is 11.8. The van der Waals surface area contributed by atoms with E-state index in [1.807, 2.05) is 0 Å². The van der Waals surface area contributed by atoms with Gasteiger partial charge in [0.1, 0.15) is 5.75 Å². The topological polar surface area (TPSA) is 66.4 Å². The third kappa shape index (κ3) is 7.13. The fourth-order valence-corrected chi connectivity index (χ4v) is 3.14. The minimum atomic E-state index is -6.28. The summed E-state index contributed by atoms with van der Waals surface area (Å²) in [6.07, 6.45) is -6.28. The van der Waals surface area contributed by atoms with Gasteiger partial charge in [0, 0.05) is 0 Å². The zero-order chi connectivity index (χ0) is 21.9. The molecule has 4 nitrogen and oxygen atoms in total. The Bertz CT molecular complexity index is 712. The van der Waals surface area contributed by atoms with Crippen LogP contribution in [0.1, 0.15) is 0 Å². The van der Waals surface area contributed by atoms with E-state index >= 15 is 0 Å². The highest BCUT2D eigenvalue weighted by molar-refractivity contribution is 7.86. The molecular formula is C11H7F10IO4S. The van der Waals surface area contributed by atoms with Crippen molar-refractivity contribution in [2.45, 2.75) is 21.5 Å². The Hall–Kier alpha value is -1.04. The molecule has 0 bridgehead atoms. The smallest absolute Gasteiger partial charge is 0.520 e. The zero-order valence-corrected chi connectivity index (χ0v) is 15.5. The molecular weight excluding hydrogens is 545 g/mol. The Balaban J connectivity index is 0.000000713. The Kier molecular flexibility index (Phi) is 8.21. The molecule has 0 aliphatic carbocycles. The molecule has 0 unspecified atom stereocenters. The van der Waals surface area contributed by atoms with Gasteiger partial charge in [-0.2, -0.15) is 35.1 Å². The summed E-state index contributed by atoms with van der Waals surface area (Å²) in [7, 11) is -4.79. The number of halogens is 11. The van der Waals surface area contributed by atoms with E-state index in [9.17, 15) is 43.9 Å². The highest BCUT2D eigenvalue weighted by Gasteiger charge is 2.81. The van der Waals surface area contributed by atoms with Crippen LogP contribution in [0.25, 0.3) is 0 Å². The van der Waals surface area contributed by atoms with Crippen LogP contribution in [-0.2, 0) is 10.1 Å². The molecule has 0 aromatic heterocycles. The summed E-state index contributed by atoms with van der Waals surface area (Å²) in [5.41, 5.74) is -5.65. The molecule has 0 aliphatic rings. The lowest BCUT2D eigenvalue weighted by Gasteiger charge is -2.20. The van der Waals surface area contributed by atoms with Gasteiger partial charge in [0.2, 0.25) is 0 Å². The first-order valence-corrected chi connectivity index (χ1v) is 9.47. The molecule has 0 saturated carbocycles. The second kappa shape index (κ2) is 8.54. The maximum atomic E-state index is 13.1. The molecule has 1 aromatic carbocycles. The third-order valence-electron chi connectivity index (χ3n) is 2.27. The van der Waals surface area contributed by atoms with Crippen LogP contribution in [0, 0.1) is 3.57 Å². The van der Waals surface area contributed by atoms with Crippen molar-refractivity contribution < 1.29 is 82.8 Å². The summed E-state index contributed by atoms with van der Waals surface area (Å²) in [6.45, 7) is 0. The number of alkyl halides is 11. The molecule has 0 spiro atoms. The van der Waals surface area contributed by atoms with Gasteiger partial charge in [-0.3, -0.25) is 0 Å². The Morgan fingerprint density at radius 3 is 1.52 bits per heavy atom. The summed E-state index contributed by atoms with van der Waals surface area (Å²) < 4.78 is 146. The minimum Gasteiger partial charge on any atom is -0.741 e. The molecule has 158 valence electrons. The van der Waals surface area contributed by atoms with Crippen molar-refractivity contribution in [2.24, 2.45) is 0 Å². The highest BCUT2D eigenvalue weighted by Crippen LogP contribution is 2.42. The van der Waals surface area contributed by atoms with E-state index in [-0.39, 0.29) is 3.57 Å². The molecule has 0 aliphatic heterocycles. The van der Waals surface area contributed by atoms with Crippen molar-refractivity contribution in [3.8, 4) is 5.75 Å². The van der Waals surface area contributed by atoms with Crippen LogP contribution < -0.4 is 25.9 Å². The van der Waals surface area contributed by atoms with Crippen LogP contribution in [0.15, 0.2) is 24.3 Å². The molecule has 0 atom stereocenters. The summed E-state index contributed by atoms with van der Waals surface area (Å²) in [5, 5.41) is 0. The van der Waals surface area contributed by atoms with E-state index in [0.717, 1.165) is 12.1 Å². The van der Waals surface area contributed by atoms with E-state index in [4.69, 9.17) is 17.7 Å². The third-order valence-corrected chi connectivity index (χ3v) is 5.54. The SMILES string of the molecule is COc1ccc([I+]C(F)(F)C(F)(F)C(F)(F)F)cc1.O=S(=O)([O-])C(F)(F)F. The van der Waals surface area contributed by atoms with E-state index < -0.39 is 52.9 Å². The summed E-state index contributed by atoms with van der Waals surface area (Å²) >= 11 is -2.85. The summed E-state index contributed by atoms with van der Waals surface area (Å²) in [5.74, 6) is -5.74. The maximum absolute atomic E-state index is 13.1. The Morgan fingerprint density at radius 1 is 0.889 bits per heavy atom. The lowest BCUT2D eigenvalue weighted by Crippen LogP contribution is -3.68. The fraction of sp³-hybridized carbons (Fsp3) is 0.455. The van der Waals surface area contributed by atoms with Crippen molar-refractivity contribution in [1.82, 2.24) is 0 Å². The second-order valence-electron chi connectivity index (χ2n) is 4.22. The molecule has 0 N–H and O–H groups in total. The number of hydrogen-bond donors (Lipinski definition) is 0. The van der Waals surface area contributed by atoms with Gasteiger partial charge >= 0.3 is 42.7 Å². The maximum Gasteiger partial charge on any atom is 0.520 e. The fourth-order valence-electron chi connectivity index (χ4n) is 0.991. The van der Waals surface area contributed by atoms with Gasteiger partial charge in [-0.1, -0.05) is 0 Å². The van der Waals surface area contributed by atoms with Crippen LogP contribution in [0.4, 0.5) is 43.9 Å². The molecule has 0 radical (unpaired) electrons. The number of methoxy groups -OCH3 is 1. The number of rotatable bonds is 4. The van der Waals surface area contributed by atoms with E-state index in [0.29, 0.717) is 5.75 Å². The minimum absolute atomic E-state index is 0.242. The van der Waals surface area contributed by atoms with Gasteiger partial charge in [-0.25, -0.2) is 8.42 Å². The molecule has 0 saturated heterocycles. The molecule has 0 fully saturated rings. The van der Waals surface area contributed by atoms with Crippen molar-refractivity contribution >= 4 is 10.1 Å². The Morgan fingerprint density at radius 2 is 1.26 bits per heavy atom. The predicted molar refractivity (Wildman–Crippen MR) is 63.4 cm³/mol. The van der Waals surface area contributed by atoms with Gasteiger partial charge < -0.3 is 9.29 Å². The standard InChI is InChI=1S/C10H7F7IO.CHF3O3S/c1-19-7-4-2-6(3-5-7)18-10(16,17)8(11,12)9(13,14)15;2-1(3,4)8(5,6)7/h2-5H,1H3;(H,5,6,7)/q+1;/p-1. The monoisotopic (exact) mass is 552 g/mol. The van der Waals surface area contributed by atoms with E-state index in [2.05, 4.69) is 0 Å². The van der Waals surface area contributed by atoms with Crippen LogP contribution >= 0.6 is 0 Å². The van der Waals surface area contributed by atoms with Crippen LogP contribution in [-0.4, -0.2) is 41.6 Å². The van der Waals surface area contributed by atoms with Gasteiger partial charge in [0.05, 0.1) is 7.11 Å². The first-order valence-electron chi connectivity index (χ1n) is 5.91. The normalized spacial score (nSPS) is 13.6. The number of hydrogen-bond acceptors (Lipinski definition) is 4. The zero-order valence-electron chi connectivity index (χ0n) is 12.5. The lowest BCUT2D eigenvalue weighted by atomic mass is 10.3. The van der Waals surface area contributed by atoms with Crippen LogP contribution in [0.2, 0.25) is 0 Å². The molecule has 1 rings (SSSR count). The van der Waals surface area contributed by atoms with E-state index in [1.165, 1.54) is 19.2 Å². The van der Waals surface area contributed by atoms with Crippen molar-refractivity contribution in [3.63, 3.8) is 0 Å². The van der Waals surface area contributed by atoms with Crippen molar-refractivity contribution in [3.05, 3.63) is 27.8 Å². The van der Waals surface area contributed by atoms with Crippen molar-refractivity contribution in [1.29, 1.82) is 0 Å². The summed E-state index contributed by atoms with van der Waals surface area (Å²) in [4.78, 5) is 0. The van der Waals surface area contributed by atoms with Gasteiger partial charge in [0.25, 0.3) is 0 Å². The van der Waals surface area contributed by atoms with Crippen LogP contribution in [0.5, 0.6) is 5.75 Å².